The predicted octanol–water partition coefficient (Wildman–Crippen LogP) is 17.5. The first-order chi connectivity index (χ1) is 33.5. The largest absolute Gasteiger partial charge is 0.457 e. The lowest BCUT2D eigenvalue weighted by Crippen LogP contribution is -2.26. The number of rotatable bonds is 10. The summed E-state index contributed by atoms with van der Waals surface area (Å²) in [5, 5.41) is 2.30. The first-order valence-corrected chi connectivity index (χ1v) is 24.0. The molecule has 0 N–H and O–H groups in total. The zero-order chi connectivity index (χ0) is 47.5. The second-order valence-corrected chi connectivity index (χ2v) is 19.2. The van der Waals surface area contributed by atoms with Crippen LogP contribution < -0.4 is 14.5 Å². The summed E-state index contributed by atoms with van der Waals surface area (Å²) < 4.78 is 23.5. The number of benzene rings is 8. The maximum absolute atomic E-state index is 14.2. The number of hydrogen-bond acceptors (Lipinski definition) is 4. The van der Waals surface area contributed by atoms with Gasteiger partial charge in [0.1, 0.15) is 29.8 Å². The van der Waals surface area contributed by atoms with Gasteiger partial charge >= 0.3 is 0 Å². The highest BCUT2D eigenvalue weighted by Crippen LogP contribution is 2.51. The Kier molecular flexibility index (Phi) is 11.1. The van der Waals surface area contributed by atoms with E-state index in [1.807, 2.05) is 30.5 Å². The minimum atomic E-state index is -0.231. The van der Waals surface area contributed by atoms with Gasteiger partial charge in [-0.3, -0.25) is 4.57 Å². The van der Waals surface area contributed by atoms with E-state index in [2.05, 4.69) is 202 Å². The Morgan fingerprint density at radius 1 is 0.507 bits per heavy atom. The number of pyridine rings is 1. The van der Waals surface area contributed by atoms with Crippen molar-refractivity contribution in [3.05, 3.63) is 216 Å². The number of anilines is 4. The highest BCUT2D eigenvalue weighted by atomic mass is 19.1. The van der Waals surface area contributed by atoms with E-state index < -0.39 is 0 Å². The quantitative estimate of drug-likeness (QED) is 0.137. The predicted molar refractivity (Wildman–Crippen MR) is 286 cm³/mol. The van der Waals surface area contributed by atoms with Gasteiger partial charge in [-0.1, -0.05) is 113 Å². The van der Waals surface area contributed by atoms with Crippen LogP contribution in [-0.4, -0.2) is 16.2 Å². The summed E-state index contributed by atoms with van der Waals surface area (Å²) in [7, 11) is 0. The SMILES string of the molecule is Cc1ccc2c(c1)N(c1c(C(C)C)cc(-c3ccc(F)cc3)cc1C(C)C)CN2c1cc(Oc2ccc3c4ccccc4n(-c4ccccn4)c3c2)cc(-c2c(C)cc(-c3ccccc3)cc2C)c1. The molecule has 8 aromatic carbocycles. The van der Waals surface area contributed by atoms with Crippen molar-refractivity contribution < 1.29 is 9.13 Å². The molecular formula is C63H55FN4O. The molecule has 0 bridgehead atoms. The average molecular weight is 903 g/mol. The molecule has 0 aliphatic carbocycles. The van der Waals surface area contributed by atoms with Crippen LogP contribution in [0.25, 0.3) is 61.0 Å². The van der Waals surface area contributed by atoms with Crippen molar-refractivity contribution in [2.75, 3.05) is 16.5 Å². The van der Waals surface area contributed by atoms with Crippen LogP contribution in [0.4, 0.5) is 27.1 Å². The van der Waals surface area contributed by atoms with Gasteiger partial charge in [-0.15, -0.1) is 0 Å². The second kappa shape index (κ2) is 17.6. The summed E-state index contributed by atoms with van der Waals surface area (Å²) in [6.45, 7) is 16.3. The van der Waals surface area contributed by atoms with E-state index in [-0.39, 0.29) is 17.7 Å². The monoisotopic (exact) mass is 902 g/mol. The van der Waals surface area contributed by atoms with E-state index in [4.69, 9.17) is 9.72 Å². The van der Waals surface area contributed by atoms with Crippen LogP contribution in [0, 0.1) is 26.6 Å². The zero-order valence-electron chi connectivity index (χ0n) is 40.3. The van der Waals surface area contributed by atoms with Crippen molar-refractivity contribution in [3.8, 4) is 50.7 Å². The van der Waals surface area contributed by atoms with Crippen LogP contribution in [-0.2, 0) is 0 Å². The van der Waals surface area contributed by atoms with Gasteiger partial charge in [0.05, 0.1) is 22.4 Å². The highest BCUT2D eigenvalue weighted by molar-refractivity contribution is 6.09. The molecule has 0 saturated heterocycles. The molecule has 0 unspecified atom stereocenters. The van der Waals surface area contributed by atoms with E-state index in [1.54, 1.807) is 12.1 Å². The molecule has 1 aliphatic rings. The summed E-state index contributed by atoms with van der Waals surface area (Å²) in [6.07, 6.45) is 1.84. The number of nitrogens with zero attached hydrogens (tertiary/aromatic N) is 4. The lowest BCUT2D eigenvalue weighted by atomic mass is 9.87. The average Bonchev–Trinajstić information content (AvgIpc) is 3.89. The lowest BCUT2D eigenvalue weighted by Gasteiger charge is -2.30. The Bertz CT molecular complexity index is 3510. The van der Waals surface area contributed by atoms with Crippen LogP contribution in [0.5, 0.6) is 11.5 Å². The van der Waals surface area contributed by atoms with Crippen LogP contribution in [0.2, 0.25) is 0 Å². The third kappa shape index (κ3) is 8.00. The molecule has 0 radical (unpaired) electrons. The Balaban J connectivity index is 1.07. The lowest BCUT2D eigenvalue weighted by molar-refractivity contribution is 0.483. The molecule has 0 atom stereocenters. The van der Waals surface area contributed by atoms with Crippen LogP contribution in [0.3, 0.4) is 0 Å². The van der Waals surface area contributed by atoms with Gasteiger partial charge in [0.2, 0.25) is 0 Å². The summed E-state index contributed by atoms with van der Waals surface area (Å²) in [5.41, 5.74) is 19.6. The van der Waals surface area contributed by atoms with Gasteiger partial charge in [-0.2, -0.15) is 0 Å². The molecular weight excluding hydrogens is 848 g/mol. The fraction of sp³-hybridized carbons (Fsp3) is 0.159. The fourth-order valence-electron chi connectivity index (χ4n) is 10.5. The second-order valence-electron chi connectivity index (χ2n) is 19.2. The van der Waals surface area contributed by atoms with Gasteiger partial charge in [0.15, 0.2) is 0 Å². The summed E-state index contributed by atoms with van der Waals surface area (Å²) in [4.78, 5) is 9.74. The van der Waals surface area contributed by atoms with Crippen molar-refractivity contribution in [2.24, 2.45) is 0 Å². The van der Waals surface area contributed by atoms with Crippen molar-refractivity contribution in [3.63, 3.8) is 0 Å². The molecule has 0 spiro atoms. The Labute approximate surface area is 404 Å². The topological polar surface area (TPSA) is 33.5 Å². The van der Waals surface area contributed by atoms with E-state index in [1.165, 1.54) is 50.2 Å². The first kappa shape index (κ1) is 43.6. The molecule has 340 valence electrons. The minimum absolute atomic E-state index is 0.224. The number of hydrogen-bond donors (Lipinski definition) is 0. The Morgan fingerprint density at radius 3 is 1.88 bits per heavy atom. The first-order valence-electron chi connectivity index (χ1n) is 24.0. The van der Waals surface area contributed by atoms with Crippen molar-refractivity contribution >= 4 is 44.6 Å². The molecule has 10 aromatic rings. The normalized spacial score (nSPS) is 12.5. The smallest absolute Gasteiger partial charge is 0.137 e. The number of ether oxygens (including phenoxy) is 1. The number of fused-ring (bicyclic) bond motifs is 4. The maximum atomic E-state index is 14.2. The molecule has 0 fully saturated rings. The van der Waals surface area contributed by atoms with Gasteiger partial charge in [-0.05, 0) is 173 Å². The molecule has 11 rings (SSSR count). The molecule has 5 nitrogen and oxygen atoms in total. The van der Waals surface area contributed by atoms with Gasteiger partial charge in [0.25, 0.3) is 0 Å². The molecule has 2 aromatic heterocycles. The molecule has 0 amide bonds. The maximum Gasteiger partial charge on any atom is 0.137 e. The molecule has 1 aliphatic heterocycles. The third-order valence-electron chi connectivity index (χ3n) is 13.7. The van der Waals surface area contributed by atoms with E-state index >= 15 is 0 Å². The highest BCUT2D eigenvalue weighted by Gasteiger charge is 2.33. The Morgan fingerprint density at radius 2 is 1.17 bits per heavy atom. The number of para-hydroxylation sites is 1. The number of aryl methyl sites for hydroxylation is 3. The van der Waals surface area contributed by atoms with Gasteiger partial charge in [0, 0.05) is 40.5 Å². The van der Waals surface area contributed by atoms with E-state index in [0.29, 0.717) is 6.67 Å². The zero-order valence-corrected chi connectivity index (χ0v) is 40.3. The molecule has 3 heterocycles. The van der Waals surface area contributed by atoms with Crippen molar-refractivity contribution in [2.45, 2.75) is 60.3 Å². The van der Waals surface area contributed by atoms with Crippen LogP contribution in [0.1, 0.15) is 67.3 Å². The minimum Gasteiger partial charge on any atom is -0.457 e. The number of aromatic nitrogens is 2. The number of halogens is 1. The molecule has 0 saturated carbocycles. The Hall–Kier alpha value is -7.96. The molecule has 6 heteroatoms. The standard InChI is InChI=1S/C63H55FN4O/c1-39(2)55-34-47(45-21-23-49(64)24-22-45)35-56(40(3)4)63(55)67-38-66(58-27-20-41(5)29-60(58)67)50-32-48(62-42(6)30-46(31-43(62)7)44-15-9-8-10-16-44)33-52(36-50)69-51-25-26-54-53-17-11-12-18-57(53)68(59(54)37-51)61-19-13-14-28-65-61/h8-37,39-40H,38H2,1-7H3. The van der Waals surface area contributed by atoms with Gasteiger partial charge in [-0.25, -0.2) is 9.37 Å². The summed E-state index contributed by atoms with van der Waals surface area (Å²) in [5.74, 6) is 2.56. The van der Waals surface area contributed by atoms with Crippen molar-refractivity contribution in [1.29, 1.82) is 0 Å². The summed E-state index contributed by atoms with van der Waals surface area (Å²) >= 11 is 0. The van der Waals surface area contributed by atoms with Crippen LogP contribution in [0.15, 0.2) is 182 Å². The fourth-order valence-corrected chi connectivity index (χ4v) is 10.5. The van der Waals surface area contributed by atoms with Crippen molar-refractivity contribution in [1.82, 2.24) is 9.55 Å². The summed E-state index contributed by atoms with van der Waals surface area (Å²) in [6, 6.07) is 61.2. The third-order valence-corrected chi connectivity index (χ3v) is 13.7. The van der Waals surface area contributed by atoms with E-state index in [0.717, 1.165) is 72.9 Å². The molecule has 69 heavy (non-hydrogen) atoms. The van der Waals surface area contributed by atoms with E-state index in [9.17, 15) is 4.39 Å². The van der Waals surface area contributed by atoms with Gasteiger partial charge < -0.3 is 14.5 Å². The van der Waals surface area contributed by atoms with Crippen LogP contribution >= 0.6 is 0 Å².